The number of carbonyl (C=O) groups is 1. The molecule has 19 heavy (non-hydrogen) atoms. The number of fused-ring (bicyclic) bond motifs is 1. The standard InChI is InChI=1S/C15H17N3O/c1-3-4-5-10-14(19)16-11(2)15-17-12-8-6-7-9-13(12)18-15/h3-11H,1-2H3,(H,16,19)(H,17,18)/b4-3+,10-5+. The molecule has 0 saturated heterocycles. The molecule has 0 saturated carbocycles. The van der Waals surface area contributed by atoms with E-state index in [4.69, 9.17) is 0 Å². The maximum absolute atomic E-state index is 11.6. The van der Waals surface area contributed by atoms with Crippen LogP contribution in [-0.4, -0.2) is 15.9 Å². The van der Waals surface area contributed by atoms with Gasteiger partial charge in [0.25, 0.3) is 0 Å². The Labute approximate surface area is 112 Å². The topological polar surface area (TPSA) is 57.8 Å². The number of aromatic amines is 1. The molecule has 1 amide bonds. The number of imidazole rings is 1. The van der Waals surface area contributed by atoms with Crippen LogP contribution in [-0.2, 0) is 4.79 Å². The Hall–Kier alpha value is -2.36. The van der Waals surface area contributed by atoms with Gasteiger partial charge in [0.1, 0.15) is 5.82 Å². The first-order valence-corrected chi connectivity index (χ1v) is 6.25. The molecule has 98 valence electrons. The molecule has 1 heterocycles. The fourth-order valence-corrected chi connectivity index (χ4v) is 1.76. The number of amides is 1. The molecule has 0 radical (unpaired) electrons. The molecule has 2 rings (SSSR count). The van der Waals surface area contributed by atoms with E-state index in [1.807, 2.05) is 50.3 Å². The van der Waals surface area contributed by atoms with E-state index in [1.54, 1.807) is 6.08 Å². The van der Waals surface area contributed by atoms with Crippen LogP contribution in [0.5, 0.6) is 0 Å². The van der Waals surface area contributed by atoms with Crippen LogP contribution < -0.4 is 5.32 Å². The van der Waals surface area contributed by atoms with Gasteiger partial charge in [0.15, 0.2) is 0 Å². The summed E-state index contributed by atoms with van der Waals surface area (Å²) >= 11 is 0. The van der Waals surface area contributed by atoms with Crippen LogP contribution in [0.1, 0.15) is 25.7 Å². The van der Waals surface area contributed by atoms with Crippen molar-refractivity contribution >= 4 is 16.9 Å². The Kier molecular flexibility index (Phi) is 4.13. The predicted molar refractivity (Wildman–Crippen MR) is 76.6 cm³/mol. The summed E-state index contributed by atoms with van der Waals surface area (Å²) in [6.45, 7) is 3.80. The number of aromatic nitrogens is 2. The minimum Gasteiger partial charge on any atom is -0.343 e. The summed E-state index contributed by atoms with van der Waals surface area (Å²) in [5, 5.41) is 2.86. The van der Waals surface area contributed by atoms with E-state index in [2.05, 4.69) is 15.3 Å². The first-order chi connectivity index (χ1) is 9.20. The van der Waals surface area contributed by atoms with Gasteiger partial charge in [0.05, 0.1) is 17.1 Å². The lowest BCUT2D eigenvalue weighted by Gasteiger charge is -2.08. The average molecular weight is 255 g/mol. The van der Waals surface area contributed by atoms with Gasteiger partial charge in [-0.25, -0.2) is 4.98 Å². The van der Waals surface area contributed by atoms with Gasteiger partial charge in [-0.05, 0) is 26.0 Å². The van der Waals surface area contributed by atoms with Gasteiger partial charge in [-0.1, -0.05) is 30.4 Å². The number of carbonyl (C=O) groups excluding carboxylic acids is 1. The molecule has 0 fully saturated rings. The summed E-state index contributed by atoms with van der Waals surface area (Å²) in [5.41, 5.74) is 1.88. The molecule has 4 heteroatoms. The molecule has 2 aromatic rings. The molecule has 0 aliphatic heterocycles. The van der Waals surface area contributed by atoms with E-state index in [0.717, 1.165) is 16.9 Å². The number of para-hydroxylation sites is 2. The summed E-state index contributed by atoms with van der Waals surface area (Å²) in [7, 11) is 0. The highest BCUT2D eigenvalue weighted by Crippen LogP contribution is 2.15. The molecule has 1 atom stereocenters. The Balaban J connectivity index is 2.07. The molecule has 1 aromatic heterocycles. The van der Waals surface area contributed by atoms with Crippen LogP contribution in [0, 0.1) is 0 Å². The van der Waals surface area contributed by atoms with Crippen molar-refractivity contribution in [1.29, 1.82) is 0 Å². The second kappa shape index (κ2) is 6.00. The minimum absolute atomic E-state index is 0.133. The number of hydrogen-bond donors (Lipinski definition) is 2. The molecule has 0 aliphatic rings. The Morgan fingerprint density at radius 2 is 2.16 bits per heavy atom. The summed E-state index contributed by atoms with van der Waals surface area (Å²) in [4.78, 5) is 19.3. The van der Waals surface area contributed by atoms with Crippen molar-refractivity contribution < 1.29 is 4.79 Å². The third-order valence-electron chi connectivity index (χ3n) is 2.73. The fourth-order valence-electron chi connectivity index (χ4n) is 1.76. The Bertz CT molecular complexity index is 592. The van der Waals surface area contributed by atoms with Crippen LogP contribution in [0.3, 0.4) is 0 Å². The Morgan fingerprint density at radius 1 is 1.37 bits per heavy atom. The monoisotopic (exact) mass is 255 g/mol. The minimum atomic E-state index is -0.157. The van der Waals surface area contributed by atoms with Crippen LogP contribution >= 0.6 is 0 Å². The third kappa shape index (κ3) is 3.31. The molecular weight excluding hydrogens is 238 g/mol. The molecule has 4 nitrogen and oxygen atoms in total. The number of benzene rings is 1. The summed E-state index contributed by atoms with van der Waals surface area (Å²) in [6, 6.07) is 7.64. The smallest absolute Gasteiger partial charge is 0.244 e. The molecular formula is C15H17N3O. The maximum Gasteiger partial charge on any atom is 0.244 e. The molecule has 2 N–H and O–H groups in total. The number of allylic oxidation sites excluding steroid dienone is 3. The zero-order chi connectivity index (χ0) is 13.7. The number of rotatable bonds is 4. The number of nitrogens with zero attached hydrogens (tertiary/aromatic N) is 1. The van der Waals surface area contributed by atoms with E-state index < -0.39 is 0 Å². The van der Waals surface area contributed by atoms with Crippen molar-refractivity contribution in [3.63, 3.8) is 0 Å². The van der Waals surface area contributed by atoms with Gasteiger partial charge < -0.3 is 10.3 Å². The van der Waals surface area contributed by atoms with Crippen molar-refractivity contribution in [2.75, 3.05) is 0 Å². The van der Waals surface area contributed by atoms with Crippen molar-refractivity contribution in [2.45, 2.75) is 19.9 Å². The molecule has 1 aromatic carbocycles. The van der Waals surface area contributed by atoms with E-state index in [1.165, 1.54) is 6.08 Å². The van der Waals surface area contributed by atoms with Gasteiger partial charge in [-0.15, -0.1) is 0 Å². The number of nitrogens with one attached hydrogen (secondary N) is 2. The zero-order valence-corrected chi connectivity index (χ0v) is 11.1. The van der Waals surface area contributed by atoms with E-state index in [0.29, 0.717) is 0 Å². The lowest BCUT2D eigenvalue weighted by Crippen LogP contribution is -2.25. The summed E-state index contributed by atoms with van der Waals surface area (Å²) < 4.78 is 0. The largest absolute Gasteiger partial charge is 0.343 e. The van der Waals surface area contributed by atoms with Gasteiger partial charge >= 0.3 is 0 Å². The van der Waals surface area contributed by atoms with Crippen LogP contribution in [0.15, 0.2) is 48.6 Å². The van der Waals surface area contributed by atoms with Gasteiger partial charge in [-0.2, -0.15) is 0 Å². The summed E-state index contributed by atoms with van der Waals surface area (Å²) in [5.74, 6) is 0.625. The molecule has 1 unspecified atom stereocenters. The third-order valence-corrected chi connectivity index (χ3v) is 2.73. The fraction of sp³-hybridized carbons (Fsp3) is 0.200. The van der Waals surface area contributed by atoms with E-state index in [9.17, 15) is 4.79 Å². The lowest BCUT2D eigenvalue weighted by molar-refractivity contribution is -0.117. The van der Waals surface area contributed by atoms with Crippen LogP contribution in [0.2, 0.25) is 0 Å². The van der Waals surface area contributed by atoms with Crippen LogP contribution in [0.25, 0.3) is 11.0 Å². The second-order valence-corrected chi connectivity index (χ2v) is 4.25. The Morgan fingerprint density at radius 3 is 2.89 bits per heavy atom. The summed E-state index contributed by atoms with van der Waals surface area (Å²) in [6.07, 6.45) is 6.89. The van der Waals surface area contributed by atoms with Gasteiger partial charge in [0, 0.05) is 6.08 Å². The van der Waals surface area contributed by atoms with Crippen molar-refractivity contribution in [1.82, 2.24) is 15.3 Å². The highest BCUT2D eigenvalue weighted by Gasteiger charge is 2.11. The molecule has 0 spiro atoms. The SMILES string of the molecule is C/C=C/C=C/C(=O)NC(C)c1nc2ccccc2[nH]1. The van der Waals surface area contributed by atoms with Crippen molar-refractivity contribution in [3.05, 3.63) is 54.4 Å². The van der Waals surface area contributed by atoms with E-state index in [-0.39, 0.29) is 11.9 Å². The zero-order valence-electron chi connectivity index (χ0n) is 11.1. The predicted octanol–water partition coefficient (Wildman–Crippen LogP) is 2.87. The van der Waals surface area contributed by atoms with E-state index >= 15 is 0 Å². The molecule has 0 bridgehead atoms. The van der Waals surface area contributed by atoms with Crippen molar-refractivity contribution in [3.8, 4) is 0 Å². The van der Waals surface area contributed by atoms with Gasteiger partial charge in [0.2, 0.25) is 5.91 Å². The maximum atomic E-state index is 11.6. The van der Waals surface area contributed by atoms with Crippen LogP contribution in [0.4, 0.5) is 0 Å². The van der Waals surface area contributed by atoms with Crippen molar-refractivity contribution in [2.24, 2.45) is 0 Å². The first kappa shape index (κ1) is 13.1. The number of hydrogen-bond acceptors (Lipinski definition) is 2. The highest BCUT2D eigenvalue weighted by molar-refractivity contribution is 5.88. The normalized spacial score (nSPS) is 13.4. The number of H-pyrrole nitrogens is 1. The average Bonchev–Trinajstić information content (AvgIpc) is 2.83. The first-order valence-electron chi connectivity index (χ1n) is 6.25. The molecule has 0 aliphatic carbocycles. The second-order valence-electron chi connectivity index (χ2n) is 4.25. The quantitative estimate of drug-likeness (QED) is 0.652. The highest BCUT2D eigenvalue weighted by atomic mass is 16.1. The van der Waals surface area contributed by atoms with Gasteiger partial charge in [-0.3, -0.25) is 4.79 Å². The lowest BCUT2D eigenvalue weighted by atomic mass is 10.3.